The van der Waals surface area contributed by atoms with Crippen molar-refractivity contribution >= 4 is 17.6 Å². The van der Waals surface area contributed by atoms with Crippen molar-refractivity contribution in [2.75, 3.05) is 0 Å². The number of para-hydroxylation sites is 1. The molecule has 0 aliphatic carbocycles. The van der Waals surface area contributed by atoms with E-state index in [0.29, 0.717) is 27.8 Å². The molecule has 1 atom stereocenters. The molecule has 3 aromatic rings. The van der Waals surface area contributed by atoms with Crippen LogP contribution in [-0.2, 0) is 16.6 Å². The van der Waals surface area contributed by atoms with Gasteiger partial charge in [0.15, 0.2) is 6.10 Å². The smallest absolute Gasteiger partial charge is 0.345 e. The van der Waals surface area contributed by atoms with Gasteiger partial charge in [0, 0.05) is 17.0 Å². The Labute approximate surface area is 182 Å². The fourth-order valence-corrected chi connectivity index (χ4v) is 3.19. The Balaban J connectivity index is 1.81. The lowest BCUT2D eigenvalue weighted by Gasteiger charge is -2.21. The SMILES string of the molecule is CC(C)(C)c1ccc(O[C@@H](Cc2cc(Cl)ccc2Oc2ccccc2)C(=O)O)cc1. The normalized spacial score (nSPS) is 12.3. The van der Waals surface area contributed by atoms with Gasteiger partial charge in [-0.3, -0.25) is 0 Å². The quantitative estimate of drug-likeness (QED) is 0.470. The van der Waals surface area contributed by atoms with Gasteiger partial charge in [-0.25, -0.2) is 4.79 Å². The van der Waals surface area contributed by atoms with Crippen molar-refractivity contribution in [2.45, 2.75) is 38.7 Å². The van der Waals surface area contributed by atoms with Gasteiger partial charge in [-0.2, -0.15) is 0 Å². The zero-order valence-electron chi connectivity index (χ0n) is 17.3. The molecule has 0 bridgehead atoms. The predicted octanol–water partition coefficient (Wildman–Crippen LogP) is 6.50. The van der Waals surface area contributed by atoms with Gasteiger partial charge in [0.25, 0.3) is 0 Å². The lowest BCUT2D eigenvalue weighted by Crippen LogP contribution is -2.29. The van der Waals surface area contributed by atoms with Gasteiger partial charge in [-0.05, 0) is 53.4 Å². The van der Waals surface area contributed by atoms with Crippen molar-refractivity contribution in [1.29, 1.82) is 0 Å². The highest BCUT2D eigenvalue weighted by atomic mass is 35.5. The monoisotopic (exact) mass is 424 g/mol. The van der Waals surface area contributed by atoms with Crippen molar-refractivity contribution < 1.29 is 19.4 Å². The van der Waals surface area contributed by atoms with Crippen LogP contribution in [0, 0.1) is 0 Å². The maximum atomic E-state index is 11.9. The van der Waals surface area contributed by atoms with Gasteiger partial charge in [0.05, 0.1) is 0 Å². The largest absolute Gasteiger partial charge is 0.478 e. The summed E-state index contributed by atoms with van der Waals surface area (Å²) in [4.78, 5) is 11.9. The van der Waals surface area contributed by atoms with E-state index >= 15 is 0 Å². The summed E-state index contributed by atoms with van der Waals surface area (Å²) >= 11 is 6.16. The molecule has 1 N–H and O–H groups in total. The Morgan fingerprint density at radius 2 is 1.63 bits per heavy atom. The number of carbonyl (C=O) groups is 1. The van der Waals surface area contributed by atoms with Crippen molar-refractivity contribution in [3.05, 3.63) is 88.9 Å². The Hall–Kier alpha value is -2.98. The number of carboxylic acids is 1. The number of ether oxygens (including phenoxy) is 2. The number of aliphatic carboxylic acids is 1. The molecular formula is C25H25ClO4. The second-order valence-corrected chi connectivity index (χ2v) is 8.53. The Bertz CT molecular complexity index is 992. The molecule has 0 amide bonds. The summed E-state index contributed by atoms with van der Waals surface area (Å²) in [5.74, 6) is 0.652. The van der Waals surface area contributed by atoms with Crippen LogP contribution in [0.2, 0.25) is 5.02 Å². The molecule has 0 saturated carbocycles. The van der Waals surface area contributed by atoms with E-state index in [1.165, 1.54) is 0 Å². The molecule has 5 heteroatoms. The minimum atomic E-state index is -1.08. The highest BCUT2D eigenvalue weighted by Gasteiger charge is 2.23. The summed E-state index contributed by atoms with van der Waals surface area (Å²) in [5.41, 5.74) is 1.81. The third-order valence-corrected chi connectivity index (χ3v) is 4.91. The van der Waals surface area contributed by atoms with E-state index in [2.05, 4.69) is 20.8 Å². The van der Waals surface area contributed by atoms with Crippen LogP contribution in [0.3, 0.4) is 0 Å². The highest BCUT2D eigenvalue weighted by molar-refractivity contribution is 6.30. The van der Waals surface area contributed by atoms with E-state index in [9.17, 15) is 9.90 Å². The van der Waals surface area contributed by atoms with Crippen LogP contribution in [0.1, 0.15) is 31.9 Å². The van der Waals surface area contributed by atoms with Crippen molar-refractivity contribution in [2.24, 2.45) is 0 Å². The van der Waals surface area contributed by atoms with Crippen molar-refractivity contribution in [3.63, 3.8) is 0 Å². The fraction of sp³-hybridized carbons (Fsp3) is 0.240. The first-order valence-electron chi connectivity index (χ1n) is 9.74. The van der Waals surface area contributed by atoms with Gasteiger partial charge < -0.3 is 14.6 Å². The minimum Gasteiger partial charge on any atom is -0.478 e. The van der Waals surface area contributed by atoms with Crippen molar-refractivity contribution in [1.82, 2.24) is 0 Å². The molecule has 0 spiro atoms. The molecule has 3 rings (SSSR count). The standard InChI is InChI=1S/C25H25ClO4/c1-25(2,3)18-9-12-21(13-10-18)30-23(24(27)28)16-17-15-19(26)11-14-22(17)29-20-7-5-4-6-8-20/h4-15,23H,16H2,1-3H3,(H,27,28)/t23-/m0/s1. The molecule has 3 aromatic carbocycles. The molecule has 0 aliphatic rings. The number of hydrogen-bond donors (Lipinski definition) is 1. The topological polar surface area (TPSA) is 55.8 Å². The number of rotatable bonds is 7. The number of benzene rings is 3. The lowest BCUT2D eigenvalue weighted by atomic mass is 9.87. The summed E-state index contributed by atoms with van der Waals surface area (Å²) in [6, 6.07) is 22.0. The van der Waals surface area contributed by atoms with Crippen LogP contribution in [-0.4, -0.2) is 17.2 Å². The van der Waals surface area contributed by atoms with Gasteiger partial charge in [-0.15, -0.1) is 0 Å². The van der Waals surface area contributed by atoms with Gasteiger partial charge in [0.2, 0.25) is 0 Å². The number of halogens is 1. The lowest BCUT2D eigenvalue weighted by molar-refractivity contribution is -0.145. The molecule has 30 heavy (non-hydrogen) atoms. The second-order valence-electron chi connectivity index (χ2n) is 8.09. The molecule has 0 radical (unpaired) electrons. The summed E-state index contributed by atoms with van der Waals surface area (Å²) in [7, 11) is 0. The van der Waals surface area contributed by atoms with Crippen LogP contribution in [0.5, 0.6) is 17.2 Å². The summed E-state index contributed by atoms with van der Waals surface area (Å²) in [5, 5.41) is 10.2. The van der Waals surface area contributed by atoms with E-state index < -0.39 is 12.1 Å². The molecule has 0 aromatic heterocycles. The molecule has 0 saturated heterocycles. The van der Waals surface area contributed by atoms with Crippen LogP contribution < -0.4 is 9.47 Å². The van der Waals surface area contributed by atoms with Crippen LogP contribution >= 0.6 is 11.6 Å². The molecule has 0 unspecified atom stereocenters. The first-order chi connectivity index (χ1) is 14.2. The molecular weight excluding hydrogens is 400 g/mol. The van der Waals surface area contributed by atoms with E-state index in [1.807, 2.05) is 42.5 Å². The predicted molar refractivity (Wildman–Crippen MR) is 119 cm³/mol. The third-order valence-electron chi connectivity index (χ3n) is 4.67. The first-order valence-corrected chi connectivity index (χ1v) is 10.1. The van der Waals surface area contributed by atoms with Gasteiger partial charge in [-0.1, -0.05) is 62.7 Å². The summed E-state index contributed by atoms with van der Waals surface area (Å²) in [6.45, 7) is 6.36. The van der Waals surface area contributed by atoms with Crippen LogP contribution in [0.25, 0.3) is 0 Å². The molecule has 4 nitrogen and oxygen atoms in total. The molecule has 0 aliphatic heterocycles. The van der Waals surface area contributed by atoms with E-state index in [0.717, 1.165) is 5.56 Å². The fourth-order valence-electron chi connectivity index (χ4n) is 3.00. The average molecular weight is 425 g/mol. The van der Waals surface area contributed by atoms with Crippen LogP contribution in [0.15, 0.2) is 72.8 Å². The van der Waals surface area contributed by atoms with Gasteiger partial charge in [0.1, 0.15) is 17.2 Å². The summed E-state index contributed by atoms with van der Waals surface area (Å²) in [6.07, 6.45) is -0.971. The highest BCUT2D eigenvalue weighted by Crippen LogP contribution is 2.30. The molecule has 0 fully saturated rings. The Kier molecular flexibility index (Phi) is 6.68. The minimum absolute atomic E-state index is 0.00912. The van der Waals surface area contributed by atoms with E-state index in [1.54, 1.807) is 30.3 Å². The summed E-state index contributed by atoms with van der Waals surface area (Å²) < 4.78 is 11.7. The zero-order chi connectivity index (χ0) is 21.7. The first kappa shape index (κ1) is 21.7. The number of hydrogen-bond acceptors (Lipinski definition) is 3. The third kappa shape index (κ3) is 5.77. The Morgan fingerprint density at radius 3 is 2.23 bits per heavy atom. The average Bonchev–Trinajstić information content (AvgIpc) is 2.70. The van der Waals surface area contributed by atoms with Gasteiger partial charge >= 0.3 is 5.97 Å². The maximum Gasteiger partial charge on any atom is 0.345 e. The number of carboxylic acid groups (broad SMARTS) is 1. The van der Waals surface area contributed by atoms with E-state index in [4.69, 9.17) is 21.1 Å². The zero-order valence-corrected chi connectivity index (χ0v) is 18.0. The molecule has 156 valence electrons. The van der Waals surface area contributed by atoms with E-state index in [-0.39, 0.29) is 11.8 Å². The molecule has 0 heterocycles. The van der Waals surface area contributed by atoms with Crippen molar-refractivity contribution in [3.8, 4) is 17.2 Å². The Morgan fingerprint density at radius 1 is 0.967 bits per heavy atom. The van der Waals surface area contributed by atoms with Crippen LogP contribution in [0.4, 0.5) is 0 Å². The second kappa shape index (κ2) is 9.23. The maximum absolute atomic E-state index is 11.9.